The largest absolute Gasteiger partial charge is 0.354 e. The van der Waals surface area contributed by atoms with Crippen molar-refractivity contribution < 1.29 is 18.0 Å². The Morgan fingerprint density at radius 2 is 1.40 bits per heavy atom. The van der Waals surface area contributed by atoms with Crippen molar-refractivity contribution in [1.82, 2.24) is 10.2 Å². The van der Waals surface area contributed by atoms with Gasteiger partial charge in [0.25, 0.3) is 10.0 Å². The molecule has 0 spiro atoms. The molecule has 0 bridgehead atoms. The summed E-state index contributed by atoms with van der Waals surface area (Å²) in [5.74, 6) is -0.828. The summed E-state index contributed by atoms with van der Waals surface area (Å²) in [4.78, 5) is 30.0. The lowest BCUT2D eigenvalue weighted by atomic mass is 10.0. The van der Waals surface area contributed by atoms with Gasteiger partial charge in [0.2, 0.25) is 11.8 Å². The number of rotatable bonds is 15. The van der Waals surface area contributed by atoms with E-state index >= 15 is 0 Å². The lowest BCUT2D eigenvalue weighted by Crippen LogP contribution is -2.53. The van der Waals surface area contributed by atoms with Gasteiger partial charge < -0.3 is 10.2 Å². The Kier molecular flexibility index (Phi) is 12.2. The molecular weight excluding hydrogens is 606 g/mol. The molecule has 0 saturated carbocycles. The van der Waals surface area contributed by atoms with Gasteiger partial charge in [-0.3, -0.25) is 13.9 Å². The lowest BCUT2D eigenvalue weighted by molar-refractivity contribution is -0.140. The quantitative estimate of drug-likeness (QED) is 0.147. The molecule has 0 saturated heterocycles. The van der Waals surface area contributed by atoms with Crippen LogP contribution in [0.5, 0.6) is 0 Å². The normalized spacial score (nSPS) is 11.9. The van der Waals surface area contributed by atoms with Gasteiger partial charge in [-0.15, -0.1) is 0 Å². The van der Waals surface area contributed by atoms with Gasteiger partial charge in [0.05, 0.1) is 10.6 Å². The van der Waals surface area contributed by atoms with Gasteiger partial charge in [0, 0.05) is 24.5 Å². The van der Waals surface area contributed by atoms with Crippen LogP contribution >= 0.6 is 11.6 Å². The Labute approximate surface area is 271 Å². The van der Waals surface area contributed by atoms with Gasteiger partial charge in [0.1, 0.15) is 12.6 Å². The summed E-state index contributed by atoms with van der Waals surface area (Å²) in [5.41, 5.74) is 2.72. The highest BCUT2D eigenvalue weighted by Gasteiger charge is 2.35. The van der Waals surface area contributed by atoms with Crippen molar-refractivity contribution in [1.29, 1.82) is 0 Å². The number of nitrogens with zero attached hydrogens (tertiary/aromatic N) is 2. The van der Waals surface area contributed by atoms with Gasteiger partial charge in [-0.2, -0.15) is 0 Å². The molecule has 0 aliphatic rings. The number of anilines is 1. The third kappa shape index (κ3) is 8.74. The van der Waals surface area contributed by atoms with Crippen LogP contribution in [0.4, 0.5) is 5.69 Å². The van der Waals surface area contributed by atoms with Gasteiger partial charge in [0.15, 0.2) is 0 Å². The number of unbranched alkanes of at least 4 members (excludes halogenated alkanes) is 1. The number of carbonyl (C=O) groups is 2. The summed E-state index contributed by atoms with van der Waals surface area (Å²) in [6.45, 7) is 3.95. The van der Waals surface area contributed by atoms with E-state index in [9.17, 15) is 18.0 Å². The van der Waals surface area contributed by atoms with Crippen LogP contribution in [-0.2, 0) is 39.0 Å². The van der Waals surface area contributed by atoms with Crippen LogP contribution < -0.4 is 9.62 Å². The first kappa shape index (κ1) is 33.7. The van der Waals surface area contributed by atoms with E-state index in [0.29, 0.717) is 29.2 Å². The van der Waals surface area contributed by atoms with Crippen molar-refractivity contribution in [2.75, 3.05) is 17.4 Å². The summed E-state index contributed by atoms with van der Waals surface area (Å²) in [5, 5.41) is 3.45. The van der Waals surface area contributed by atoms with E-state index in [4.69, 9.17) is 11.6 Å². The van der Waals surface area contributed by atoms with E-state index < -0.39 is 28.5 Å². The number of nitrogens with one attached hydrogen (secondary N) is 1. The molecule has 1 atom stereocenters. The number of halogens is 1. The molecule has 1 N–H and O–H groups in total. The highest BCUT2D eigenvalue weighted by atomic mass is 35.5. The third-order valence-corrected chi connectivity index (χ3v) is 9.79. The minimum Gasteiger partial charge on any atom is -0.354 e. The molecule has 0 aromatic heterocycles. The Morgan fingerprint density at radius 3 is 2.04 bits per heavy atom. The average molecular weight is 646 g/mol. The maximum absolute atomic E-state index is 14.6. The smallest absolute Gasteiger partial charge is 0.264 e. The Balaban J connectivity index is 1.82. The predicted molar refractivity (Wildman–Crippen MR) is 181 cm³/mol. The average Bonchev–Trinajstić information content (AvgIpc) is 3.06. The molecule has 0 fully saturated rings. The Bertz CT molecular complexity index is 1670. The number of benzene rings is 4. The molecule has 45 heavy (non-hydrogen) atoms. The second-order valence-corrected chi connectivity index (χ2v) is 13.0. The first-order chi connectivity index (χ1) is 21.8. The Hall–Kier alpha value is -4.14. The summed E-state index contributed by atoms with van der Waals surface area (Å²) in [6, 6.07) is 31.0. The predicted octanol–water partition coefficient (Wildman–Crippen LogP) is 6.65. The summed E-state index contributed by atoms with van der Waals surface area (Å²) in [7, 11) is -4.16. The van der Waals surface area contributed by atoms with E-state index in [1.54, 1.807) is 42.5 Å². The van der Waals surface area contributed by atoms with Crippen LogP contribution in [0.1, 0.15) is 43.4 Å². The van der Waals surface area contributed by atoms with Crippen molar-refractivity contribution in [3.05, 3.63) is 131 Å². The highest BCUT2D eigenvalue weighted by Crippen LogP contribution is 2.29. The number of hydrogen-bond acceptors (Lipinski definition) is 4. The van der Waals surface area contributed by atoms with Crippen LogP contribution in [0.2, 0.25) is 5.02 Å². The summed E-state index contributed by atoms with van der Waals surface area (Å²) < 4.78 is 29.6. The number of amides is 2. The third-order valence-electron chi connectivity index (χ3n) is 7.65. The molecule has 7 nitrogen and oxygen atoms in total. The molecule has 0 radical (unpaired) electrons. The van der Waals surface area contributed by atoms with Crippen molar-refractivity contribution in [2.45, 2.75) is 57.0 Å². The second kappa shape index (κ2) is 16.3. The molecule has 236 valence electrons. The summed E-state index contributed by atoms with van der Waals surface area (Å²) >= 11 is 6.57. The molecular formula is C36H40ClN3O4S. The van der Waals surface area contributed by atoms with Gasteiger partial charge in [-0.05, 0) is 53.8 Å². The molecule has 4 rings (SSSR count). The molecule has 4 aromatic rings. The van der Waals surface area contributed by atoms with Crippen LogP contribution in [0.15, 0.2) is 114 Å². The highest BCUT2D eigenvalue weighted by molar-refractivity contribution is 7.92. The fraction of sp³-hybridized carbons (Fsp3) is 0.278. The van der Waals surface area contributed by atoms with Crippen LogP contribution in [-0.4, -0.2) is 44.3 Å². The van der Waals surface area contributed by atoms with Crippen molar-refractivity contribution >= 4 is 39.1 Å². The lowest BCUT2D eigenvalue weighted by Gasteiger charge is -2.34. The van der Waals surface area contributed by atoms with Crippen molar-refractivity contribution in [3.63, 3.8) is 0 Å². The zero-order valence-corrected chi connectivity index (χ0v) is 27.3. The SMILES string of the molecule is CCCCNC(=O)[C@H](Cc1ccccc1)N(Cc1ccccc1Cl)C(=O)CN(c1ccccc1CC)S(=O)(=O)c1ccccc1. The molecule has 0 unspecified atom stereocenters. The van der Waals surface area contributed by atoms with Crippen LogP contribution in [0, 0.1) is 0 Å². The molecule has 0 aliphatic carbocycles. The van der Waals surface area contributed by atoms with E-state index in [2.05, 4.69) is 5.32 Å². The number of carbonyl (C=O) groups excluding carboxylic acids is 2. The van der Waals surface area contributed by atoms with Crippen LogP contribution in [0.3, 0.4) is 0 Å². The fourth-order valence-electron chi connectivity index (χ4n) is 5.16. The first-order valence-corrected chi connectivity index (χ1v) is 17.1. The molecule has 9 heteroatoms. The topological polar surface area (TPSA) is 86.8 Å². The van der Waals surface area contributed by atoms with E-state index in [1.807, 2.05) is 68.4 Å². The second-order valence-electron chi connectivity index (χ2n) is 10.8. The van der Waals surface area contributed by atoms with Crippen LogP contribution in [0.25, 0.3) is 0 Å². The van der Waals surface area contributed by atoms with E-state index in [-0.39, 0.29) is 23.8 Å². The molecule has 2 amide bonds. The standard InChI is InChI=1S/C36H40ClN3O4S/c1-3-5-24-38-36(42)34(25-28-16-8-6-9-17-28)39(26-30-19-12-14-22-32(30)37)35(41)27-40(33-23-15-13-18-29(33)4-2)45(43,44)31-20-10-7-11-21-31/h6-23,34H,3-5,24-27H2,1-2H3,(H,38,42)/t34-/m0/s1. The fourth-order valence-corrected chi connectivity index (χ4v) is 6.82. The first-order valence-electron chi connectivity index (χ1n) is 15.3. The maximum Gasteiger partial charge on any atom is 0.264 e. The van der Waals surface area contributed by atoms with Gasteiger partial charge >= 0.3 is 0 Å². The number of aryl methyl sites for hydroxylation is 1. The molecule has 0 heterocycles. The maximum atomic E-state index is 14.6. The molecule has 4 aromatic carbocycles. The zero-order chi connectivity index (χ0) is 32.2. The number of hydrogen-bond donors (Lipinski definition) is 1. The monoisotopic (exact) mass is 645 g/mol. The molecule has 0 aliphatic heterocycles. The zero-order valence-electron chi connectivity index (χ0n) is 25.7. The summed E-state index contributed by atoms with van der Waals surface area (Å²) in [6.07, 6.45) is 2.49. The number of para-hydroxylation sites is 1. The van der Waals surface area contributed by atoms with Crippen molar-refractivity contribution in [2.24, 2.45) is 0 Å². The van der Waals surface area contributed by atoms with Gasteiger partial charge in [-0.25, -0.2) is 8.42 Å². The van der Waals surface area contributed by atoms with Gasteiger partial charge in [-0.1, -0.05) is 117 Å². The van der Waals surface area contributed by atoms with Crippen molar-refractivity contribution in [3.8, 4) is 0 Å². The van der Waals surface area contributed by atoms with E-state index in [1.165, 1.54) is 17.0 Å². The minimum absolute atomic E-state index is 0.0197. The Morgan fingerprint density at radius 1 is 0.800 bits per heavy atom. The van der Waals surface area contributed by atoms with E-state index in [0.717, 1.165) is 28.3 Å². The minimum atomic E-state index is -4.16. The number of sulfonamides is 1.